The quantitative estimate of drug-likeness (QED) is 0.675. The second-order valence-electron chi connectivity index (χ2n) is 4.67. The summed E-state index contributed by atoms with van der Waals surface area (Å²) < 4.78 is 26.8. The fourth-order valence-corrected chi connectivity index (χ4v) is 2.02. The molecule has 110 valence electrons. The number of halogens is 2. The maximum absolute atomic E-state index is 13.6. The molecule has 21 heavy (non-hydrogen) atoms. The Labute approximate surface area is 120 Å². The van der Waals surface area contributed by atoms with Crippen molar-refractivity contribution >= 4 is 5.69 Å². The minimum Gasteiger partial charge on any atom is -0.306 e. The van der Waals surface area contributed by atoms with Crippen molar-refractivity contribution in [3.05, 3.63) is 75.3 Å². The van der Waals surface area contributed by atoms with Crippen molar-refractivity contribution in [1.29, 1.82) is 0 Å². The van der Waals surface area contributed by atoms with Gasteiger partial charge in [-0.3, -0.25) is 10.1 Å². The van der Waals surface area contributed by atoms with E-state index in [1.807, 2.05) is 0 Å². The van der Waals surface area contributed by atoms with Crippen LogP contribution in [-0.2, 0) is 6.54 Å². The number of rotatable bonds is 5. The first-order chi connectivity index (χ1) is 9.99. The Kier molecular flexibility index (Phi) is 4.59. The van der Waals surface area contributed by atoms with E-state index in [9.17, 15) is 18.9 Å². The summed E-state index contributed by atoms with van der Waals surface area (Å²) in [5.41, 5.74) is 0.923. The van der Waals surface area contributed by atoms with E-state index in [4.69, 9.17) is 0 Å². The van der Waals surface area contributed by atoms with Crippen molar-refractivity contribution in [3.63, 3.8) is 0 Å². The molecule has 4 nitrogen and oxygen atoms in total. The molecule has 0 saturated carbocycles. The molecule has 0 amide bonds. The van der Waals surface area contributed by atoms with Crippen LogP contribution in [-0.4, -0.2) is 4.92 Å². The minimum atomic E-state index is -0.892. The number of non-ortho nitro benzene ring substituents is 1. The van der Waals surface area contributed by atoms with Gasteiger partial charge in [-0.1, -0.05) is 24.3 Å². The van der Waals surface area contributed by atoms with Crippen LogP contribution in [0.15, 0.2) is 42.5 Å². The Balaban J connectivity index is 2.07. The maximum Gasteiger partial charge on any atom is 0.269 e. The molecule has 2 aromatic rings. The number of nitro groups is 1. The topological polar surface area (TPSA) is 55.2 Å². The van der Waals surface area contributed by atoms with Gasteiger partial charge in [-0.2, -0.15) is 0 Å². The SMILES string of the molecule is CC(NCc1cccc([N+](=O)[O-])c1)c1cccc(F)c1F. The second-order valence-corrected chi connectivity index (χ2v) is 4.67. The van der Waals surface area contributed by atoms with Gasteiger partial charge in [0.25, 0.3) is 5.69 Å². The summed E-state index contributed by atoms with van der Waals surface area (Å²) in [6.07, 6.45) is 0. The third kappa shape index (κ3) is 3.61. The molecule has 0 spiro atoms. The summed E-state index contributed by atoms with van der Waals surface area (Å²) >= 11 is 0. The average Bonchev–Trinajstić information content (AvgIpc) is 2.48. The third-order valence-electron chi connectivity index (χ3n) is 3.18. The predicted molar refractivity (Wildman–Crippen MR) is 74.7 cm³/mol. The lowest BCUT2D eigenvalue weighted by atomic mass is 10.1. The van der Waals surface area contributed by atoms with Gasteiger partial charge in [-0.25, -0.2) is 8.78 Å². The van der Waals surface area contributed by atoms with Crippen molar-refractivity contribution in [1.82, 2.24) is 5.32 Å². The Hall–Kier alpha value is -2.34. The summed E-state index contributed by atoms with van der Waals surface area (Å²) in [6.45, 7) is 2.02. The number of hydrogen-bond acceptors (Lipinski definition) is 3. The lowest BCUT2D eigenvalue weighted by Gasteiger charge is -2.15. The van der Waals surface area contributed by atoms with E-state index in [2.05, 4.69) is 5.32 Å². The Morgan fingerprint density at radius 3 is 2.67 bits per heavy atom. The average molecular weight is 292 g/mol. The number of nitrogens with one attached hydrogen (secondary N) is 1. The fourth-order valence-electron chi connectivity index (χ4n) is 2.02. The molecule has 0 saturated heterocycles. The van der Waals surface area contributed by atoms with Crippen LogP contribution in [0.3, 0.4) is 0 Å². The predicted octanol–water partition coefficient (Wildman–Crippen LogP) is 3.72. The first kappa shape index (κ1) is 15.1. The smallest absolute Gasteiger partial charge is 0.269 e. The molecule has 0 aromatic heterocycles. The molecule has 1 atom stereocenters. The largest absolute Gasteiger partial charge is 0.306 e. The fraction of sp³-hybridized carbons (Fsp3) is 0.200. The van der Waals surface area contributed by atoms with Gasteiger partial charge < -0.3 is 5.32 Å². The normalized spacial score (nSPS) is 12.1. The van der Waals surface area contributed by atoms with Gasteiger partial charge in [0.1, 0.15) is 0 Å². The van der Waals surface area contributed by atoms with Crippen LogP contribution in [0.1, 0.15) is 24.1 Å². The van der Waals surface area contributed by atoms with E-state index in [1.165, 1.54) is 24.3 Å². The number of nitrogens with zero attached hydrogens (tertiary/aromatic N) is 1. The summed E-state index contributed by atoms with van der Waals surface area (Å²) in [7, 11) is 0. The van der Waals surface area contributed by atoms with Crippen molar-refractivity contribution < 1.29 is 13.7 Å². The van der Waals surface area contributed by atoms with Crippen molar-refractivity contribution in [2.75, 3.05) is 0 Å². The molecule has 0 bridgehead atoms. The standard InChI is InChI=1S/C15H14F2N2O2/c1-10(13-6-3-7-14(16)15(13)17)18-9-11-4-2-5-12(8-11)19(20)21/h2-8,10,18H,9H2,1H3. The molecule has 0 aliphatic rings. The Bertz CT molecular complexity index is 662. The van der Waals surface area contributed by atoms with Crippen LogP contribution >= 0.6 is 0 Å². The molecule has 1 N–H and O–H groups in total. The molecule has 2 aromatic carbocycles. The van der Waals surface area contributed by atoms with Gasteiger partial charge in [0, 0.05) is 30.3 Å². The van der Waals surface area contributed by atoms with Crippen LogP contribution in [0, 0.1) is 21.7 Å². The Morgan fingerprint density at radius 2 is 1.95 bits per heavy atom. The summed E-state index contributed by atoms with van der Waals surface area (Å²) in [5, 5.41) is 13.7. The van der Waals surface area contributed by atoms with Gasteiger partial charge in [-0.05, 0) is 18.6 Å². The Morgan fingerprint density at radius 1 is 1.24 bits per heavy atom. The van der Waals surface area contributed by atoms with E-state index in [-0.39, 0.29) is 11.3 Å². The van der Waals surface area contributed by atoms with E-state index in [1.54, 1.807) is 19.1 Å². The highest BCUT2D eigenvalue weighted by Crippen LogP contribution is 2.20. The zero-order valence-electron chi connectivity index (χ0n) is 11.3. The highest BCUT2D eigenvalue weighted by atomic mass is 19.2. The van der Waals surface area contributed by atoms with Crippen LogP contribution in [0.5, 0.6) is 0 Å². The summed E-state index contributed by atoms with van der Waals surface area (Å²) in [4.78, 5) is 10.2. The van der Waals surface area contributed by atoms with E-state index in [0.717, 1.165) is 6.07 Å². The first-order valence-electron chi connectivity index (χ1n) is 6.39. The molecule has 0 aliphatic heterocycles. The van der Waals surface area contributed by atoms with Crippen LogP contribution in [0.4, 0.5) is 14.5 Å². The molecule has 2 rings (SSSR count). The van der Waals surface area contributed by atoms with Crippen LogP contribution in [0.25, 0.3) is 0 Å². The van der Waals surface area contributed by atoms with Crippen molar-refractivity contribution in [3.8, 4) is 0 Å². The van der Waals surface area contributed by atoms with Crippen molar-refractivity contribution in [2.24, 2.45) is 0 Å². The highest BCUT2D eigenvalue weighted by Gasteiger charge is 2.14. The van der Waals surface area contributed by atoms with Crippen molar-refractivity contribution in [2.45, 2.75) is 19.5 Å². The molecule has 0 radical (unpaired) electrons. The number of hydrogen-bond donors (Lipinski definition) is 1. The van der Waals surface area contributed by atoms with Crippen LogP contribution in [0.2, 0.25) is 0 Å². The van der Waals surface area contributed by atoms with Gasteiger partial charge in [0.2, 0.25) is 0 Å². The lowest BCUT2D eigenvalue weighted by molar-refractivity contribution is -0.384. The number of nitro benzene ring substituents is 1. The highest BCUT2D eigenvalue weighted by molar-refractivity contribution is 5.34. The minimum absolute atomic E-state index is 0.00103. The third-order valence-corrected chi connectivity index (χ3v) is 3.18. The monoisotopic (exact) mass is 292 g/mol. The molecule has 0 fully saturated rings. The molecule has 6 heteroatoms. The van der Waals surface area contributed by atoms with Gasteiger partial charge in [-0.15, -0.1) is 0 Å². The lowest BCUT2D eigenvalue weighted by Crippen LogP contribution is -2.19. The number of benzene rings is 2. The van der Waals surface area contributed by atoms with Gasteiger partial charge in [0.15, 0.2) is 11.6 Å². The first-order valence-corrected chi connectivity index (χ1v) is 6.39. The van der Waals surface area contributed by atoms with E-state index >= 15 is 0 Å². The second kappa shape index (κ2) is 6.41. The van der Waals surface area contributed by atoms with Crippen LogP contribution < -0.4 is 5.32 Å². The van der Waals surface area contributed by atoms with Gasteiger partial charge in [0.05, 0.1) is 4.92 Å². The summed E-state index contributed by atoms with van der Waals surface area (Å²) in [6, 6.07) is 9.76. The molecular formula is C15H14F2N2O2. The van der Waals surface area contributed by atoms with Gasteiger partial charge >= 0.3 is 0 Å². The maximum atomic E-state index is 13.6. The molecule has 0 aliphatic carbocycles. The zero-order valence-corrected chi connectivity index (χ0v) is 11.3. The molecular weight excluding hydrogens is 278 g/mol. The van der Waals surface area contributed by atoms with E-state index in [0.29, 0.717) is 12.1 Å². The molecule has 1 unspecified atom stereocenters. The zero-order chi connectivity index (χ0) is 15.4. The summed E-state index contributed by atoms with van der Waals surface area (Å²) in [5.74, 6) is -1.77. The molecule has 0 heterocycles. The van der Waals surface area contributed by atoms with E-state index < -0.39 is 22.6 Å².